The third-order valence-electron chi connectivity index (χ3n) is 4.05. The van der Waals surface area contributed by atoms with Crippen LogP contribution in [0.25, 0.3) is 5.70 Å². The average Bonchev–Trinajstić information content (AvgIpc) is 2.63. The molecule has 1 aliphatic rings. The molecule has 0 spiro atoms. The maximum absolute atomic E-state index is 8.07. The van der Waals surface area contributed by atoms with Gasteiger partial charge in [0.1, 0.15) is 0 Å². The number of benzene rings is 1. The third-order valence-corrected chi connectivity index (χ3v) is 4.05. The minimum absolute atomic E-state index is 0.328. The van der Waals surface area contributed by atoms with Crippen LogP contribution >= 0.6 is 0 Å². The van der Waals surface area contributed by atoms with Gasteiger partial charge in [-0.3, -0.25) is 5.41 Å². The van der Waals surface area contributed by atoms with Gasteiger partial charge in [-0.25, -0.2) is 4.99 Å². The Morgan fingerprint density at radius 2 is 1.92 bits per heavy atom. The zero-order chi connectivity index (χ0) is 17.5. The average molecular weight is 325 g/mol. The fraction of sp³-hybridized carbons (Fsp3) is 0.368. The molecule has 1 heterocycles. The quantitative estimate of drug-likeness (QED) is 0.576. The van der Waals surface area contributed by atoms with E-state index >= 15 is 0 Å². The molecule has 0 saturated carbocycles. The molecule has 1 fully saturated rings. The van der Waals surface area contributed by atoms with Crippen molar-refractivity contribution in [2.45, 2.75) is 13.8 Å². The van der Waals surface area contributed by atoms with Crippen LogP contribution in [0.2, 0.25) is 0 Å². The molecule has 5 nitrogen and oxygen atoms in total. The van der Waals surface area contributed by atoms with E-state index in [2.05, 4.69) is 51.4 Å². The van der Waals surface area contributed by atoms with Gasteiger partial charge in [0.15, 0.2) is 5.84 Å². The first-order valence-electron chi connectivity index (χ1n) is 8.30. The summed E-state index contributed by atoms with van der Waals surface area (Å²) in [5.41, 5.74) is 4.14. The predicted octanol–water partition coefficient (Wildman–Crippen LogP) is 2.67. The number of aliphatic imine (C=N–C) groups is 1. The van der Waals surface area contributed by atoms with Crippen molar-refractivity contribution in [3.8, 4) is 0 Å². The fourth-order valence-corrected chi connectivity index (χ4v) is 2.62. The van der Waals surface area contributed by atoms with Gasteiger partial charge in [0.2, 0.25) is 0 Å². The number of anilines is 1. The van der Waals surface area contributed by atoms with Crippen LogP contribution in [0, 0.1) is 5.41 Å². The van der Waals surface area contributed by atoms with Crippen molar-refractivity contribution in [1.29, 1.82) is 5.41 Å². The highest BCUT2D eigenvalue weighted by Gasteiger charge is 2.11. The van der Waals surface area contributed by atoms with Gasteiger partial charge in [0.25, 0.3) is 0 Å². The lowest BCUT2D eigenvalue weighted by molar-refractivity contribution is 0.589. The molecule has 0 radical (unpaired) electrons. The molecule has 24 heavy (non-hydrogen) atoms. The number of amidine groups is 1. The molecule has 0 aromatic heterocycles. The highest BCUT2D eigenvalue weighted by atomic mass is 15.2. The molecule has 0 amide bonds. The van der Waals surface area contributed by atoms with Crippen molar-refractivity contribution in [3.05, 3.63) is 48.1 Å². The Morgan fingerprint density at radius 3 is 2.42 bits per heavy atom. The fourth-order valence-electron chi connectivity index (χ4n) is 2.62. The molecular weight excluding hydrogens is 298 g/mol. The summed E-state index contributed by atoms with van der Waals surface area (Å²) in [4.78, 5) is 6.99. The minimum atomic E-state index is 0.328. The summed E-state index contributed by atoms with van der Waals surface area (Å²) in [6.45, 7) is 11.7. The zero-order valence-electron chi connectivity index (χ0n) is 14.8. The molecule has 0 atom stereocenters. The SMILES string of the molecule is C=C(C)C(=N)/C(=N\C(=C/C)c1ccc(N2CCNCC2)cc1)NC. The Kier molecular flexibility index (Phi) is 6.32. The molecule has 3 N–H and O–H groups in total. The maximum Gasteiger partial charge on any atom is 0.151 e. The number of hydrogen-bond donors (Lipinski definition) is 3. The molecule has 5 heteroatoms. The van der Waals surface area contributed by atoms with Crippen LogP contribution in [-0.4, -0.2) is 44.8 Å². The van der Waals surface area contributed by atoms with E-state index in [1.807, 2.05) is 19.9 Å². The van der Waals surface area contributed by atoms with Crippen molar-refractivity contribution < 1.29 is 0 Å². The van der Waals surface area contributed by atoms with E-state index in [0.29, 0.717) is 17.1 Å². The number of allylic oxidation sites excluding steroid dienone is 1. The molecule has 1 aliphatic heterocycles. The lowest BCUT2D eigenvalue weighted by Gasteiger charge is -2.29. The Labute approximate surface area is 144 Å². The van der Waals surface area contributed by atoms with E-state index < -0.39 is 0 Å². The summed E-state index contributed by atoms with van der Waals surface area (Å²) < 4.78 is 0. The molecule has 1 aromatic rings. The summed E-state index contributed by atoms with van der Waals surface area (Å²) in [5, 5.41) is 14.4. The van der Waals surface area contributed by atoms with E-state index in [-0.39, 0.29) is 0 Å². The first-order valence-corrected chi connectivity index (χ1v) is 8.30. The van der Waals surface area contributed by atoms with Gasteiger partial charge in [-0.1, -0.05) is 24.8 Å². The Hall–Kier alpha value is -2.40. The Balaban J connectivity index is 2.21. The highest BCUT2D eigenvalue weighted by molar-refractivity contribution is 6.46. The third kappa shape index (κ3) is 4.32. The summed E-state index contributed by atoms with van der Waals surface area (Å²) >= 11 is 0. The van der Waals surface area contributed by atoms with Gasteiger partial charge in [-0.15, -0.1) is 0 Å². The summed E-state index contributed by atoms with van der Waals surface area (Å²) in [6, 6.07) is 8.47. The van der Waals surface area contributed by atoms with E-state index in [1.165, 1.54) is 5.69 Å². The minimum Gasteiger partial charge on any atom is -0.371 e. The maximum atomic E-state index is 8.07. The standard InChI is InChI=1S/C19H27N5/c1-5-17(23-19(21-4)18(20)14(2)3)15-6-8-16(9-7-15)24-12-10-22-11-13-24/h5-9,20,22H,2,10-13H2,1,3-4H3,(H,21,23)/b17-5-,20-18?. The van der Waals surface area contributed by atoms with Gasteiger partial charge in [0, 0.05) is 44.5 Å². The van der Waals surface area contributed by atoms with Crippen molar-refractivity contribution in [2.75, 3.05) is 38.1 Å². The van der Waals surface area contributed by atoms with E-state index in [1.54, 1.807) is 7.05 Å². The summed E-state index contributed by atoms with van der Waals surface area (Å²) in [7, 11) is 1.77. The number of hydrogen-bond acceptors (Lipinski definition) is 4. The van der Waals surface area contributed by atoms with Crippen LogP contribution in [0.5, 0.6) is 0 Å². The van der Waals surface area contributed by atoms with Crippen LogP contribution in [0.4, 0.5) is 5.69 Å². The predicted molar refractivity (Wildman–Crippen MR) is 104 cm³/mol. The highest BCUT2D eigenvalue weighted by Crippen LogP contribution is 2.21. The van der Waals surface area contributed by atoms with Gasteiger partial charge in [-0.05, 0) is 31.6 Å². The van der Waals surface area contributed by atoms with Gasteiger partial charge < -0.3 is 15.5 Å². The molecular formula is C19H27N5. The molecule has 0 bridgehead atoms. The van der Waals surface area contributed by atoms with Crippen LogP contribution in [0.3, 0.4) is 0 Å². The first-order chi connectivity index (χ1) is 11.6. The second-order valence-electron chi connectivity index (χ2n) is 5.82. The smallest absolute Gasteiger partial charge is 0.151 e. The Bertz CT molecular complexity index is 649. The van der Waals surface area contributed by atoms with Gasteiger partial charge in [0.05, 0.1) is 11.4 Å². The second-order valence-corrected chi connectivity index (χ2v) is 5.82. The van der Waals surface area contributed by atoms with Gasteiger partial charge in [-0.2, -0.15) is 0 Å². The summed E-state index contributed by atoms with van der Waals surface area (Å²) in [6.07, 6.45) is 1.96. The van der Waals surface area contributed by atoms with Crippen LogP contribution < -0.4 is 15.5 Å². The van der Waals surface area contributed by atoms with E-state index in [0.717, 1.165) is 37.4 Å². The van der Waals surface area contributed by atoms with E-state index in [4.69, 9.17) is 5.41 Å². The normalized spacial score (nSPS) is 16.0. The molecule has 0 unspecified atom stereocenters. The lowest BCUT2D eigenvalue weighted by Crippen LogP contribution is -2.43. The van der Waals surface area contributed by atoms with Crippen molar-refractivity contribution in [2.24, 2.45) is 4.99 Å². The van der Waals surface area contributed by atoms with Crippen LogP contribution in [-0.2, 0) is 0 Å². The first kappa shape index (κ1) is 17.9. The molecule has 128 valence electrons. The van der Waals surface area contributed by atoms with Crippen molar-refractivity contribution >= 4 is 22.9 Å². The number of nitrogens with one attached hydrogen (secondary N) is 3. The molecule has 1 aromatic carbocycles. The van der Waals surface area contributed by atoms with Crippen LogP contribution in [0.1, 0.15) is 19.4 Å². The van der Waals surface area contributed by atoms with Gasteiger partial charge >= 0.3 is 0 Å². The number of rotatable bonds is 5. The molecule has 0 aliphatic carbocycles. The Morgan fingerprint density at radius 1 is 1.29 bits per heavy atom. The summed E-state index contributed by atoms with van der Waals surface area (Å²) in [5.74, 6) is 0.529. The largest absolute Gasteiger partial charge is 0.371 e. The number of nitrogens with zero attached hydrogens (tertiary/aromatic N) is 2. The topological polar surface area (TPSA) is 63.5 Å². The number of piperazine rings is 1. The van der Waals surface area contributed by atoms with Crippen molar-refractivity contribution in [1.82, 2.24) is 10.6 Å². The second kappa shape index (κ2) is 8.45. The van der Waals surface area contributed by atoms with Crippen LogP contribution in [0.15, 0.2) is 47.5 Å². The van der Waals surface area contributed by atoms with E-state index in [9.17, 15) is 0 Å². The lowest BCUT2D eigenvalue weighted by atomic mass is 10.1. The monoisotopic (exact) mass is 325 g/mol. The molecule has 2 rings (SSSR count). The molecule has 1 saturated heterocycles. The zero-order valence-corrected chi connectivity index (χ0v) is 14.8. The van der Waals surface area contributed by atoms with Crippen molar-refractivity contribution in [3.63, 3.8) is 0 Å².